The Labute approximate surface area is 399 Å². The fraction of sp³-hybridized carbons (Fsp3) is 0.490. The highest BCUT2D eigenvalue weighted by Crippen LogP contribution is 2.59. The molecular weight excluding hydrogens is 895 g/mol. The summed E-state index contributed by atoms with van der Waals surface area (Å²) in [5, 5.41) is 28.0. The Hall–Kier alpha value is -6.02. The molecule has 10 unspecified atom stereocenters. The van der Waals surface area contributed by atoms with Gasteiger partial charge in [0.1, 0.15) is 48.1 Å². The van der Waals surface area contributed by atoms with Crippen LogP contribution in [0.2, 0.25) is 0 Å². The summed E-state index contributed by atoms with van der Waals surface area (Å²) in [6, 6.07) is 21.4. The smallest absolute Gasteiger partial charge is 0.348 e. The van der Waals surface area contributed by atoms with Gasteiger partial charge in [-0.15, -0.1) is 0 Å². The summed E-state index contributed by atoms with van der Waals surface area (Å²) < 4.78 is 36.2. The molecule has 368 valence electrons. The average Bonchev–Trinajstić information content (AvgIpc) is 3.97. The molecule has 0 aromatic heterocycles. The van der Waals surface area contributed by atoms with Gasteiger partial charge in [-0.05, 0) is 51.3 Å². The fourth-order valence-electron chi connectivity index (χ4n) is 9.81. The van der Waals surface area contributed by atoms with Gasteiger partial charge in [0.05, 0.1) is 25.3 Å². The first kappa shape index (κ1) is 49.4. The van der Waals surface area contributed by atoms with Crippen molar-refractivity contribution in [3.8, 4) is 0 Å². The summed E-state index contributed by atoms with van der Waals surface area (Å²) in [7, 11) is 0. The van der Waals surface area contributed by atoms with E-state index in [2.05, 4.69) is 10.6 Å². The number of nitrogens with one attached hydrogen (secondary N) is 2. The van der Waals surface area contributed by atoms with Crippen molar-refractivity contribution in [2.24, 2.45) is 10.8 Å². The quantitative estimate of drug-likeness (QED) is 0.0918. The summed E-state index contributed by atoms with van der Waals surface area (Å²) in [4.78, 5) is 88.7. The third-order valence-corrected chi connectivity index (χ3v) is 13.1. The maximum absolute atomic E-state index is 15.4. The Balaban J connectivity index is 1.12. The van der Waals surface area contributed by atoms with Gasteiger partial charge in [0, 0.05) is 35.5 Å². The third-order valence-electron chi connectivity index (χ3n) is 13.1. The number of fused-ring (bicyclic) bond motifs is 4. The van der Waals surface area contributed by atoms with Crippen LogP contribution in [-0.2, 0) is 74.4 Å². The van der Waals surface area contributed by atoms with E-state index in [1.165, 1.54) is 24.1 Å². The number of aliphatic hydroxyl groups is 2. The Morgan fingerprint density at radius 1 is 0.899 bits per heavy atom. The standard InChI is InChI=1S/C51H59N3O15/c1-29(56)38(44(59)52-34(27-55)22-24-37(58)66-48(2,3)4)53-47(62)50-25-35-39-40(68-51(67-39,32-17-9-7-10-18-32)33-19-11-8-12-20-33)42(50)69-54(41(50)45(60)64-35)26-31-16-14-13-15-30(31)21-23-36(57)65-43-46(61)63-28-49(43,5)6/h7-21,23,29,34-35,38-43,55-56H,22,24-28H2,1-6H3,(H,52,59)(H,53,62). The van der Waals surface area contributed by atoms with Crippen molar-refractivity contribution < 1.29 is 72.2 Å². The Morgan fingerprint density at radius 2 is 1.54 bits per heavy atom. The monoisotopic (exact) mass is 953 g/mol. The van der Waals surface area contributed by atoms with Gasteiger partial charge in [-0.25, -0.2) is 9.59 Å². The van der Waals surface area contributed by atoms with Crippen LogP contribution in [0.4, 0.5) is 0 Å². The molecule has 4 heterocycles. The SMILES string of the molecule is CC(O)C(NC(=O)C12CC3OC(=O)C1N(Cc1ccccc1C=CC(=O)OC1C(=O)OCC1(C)C)OC2C1OC(c2ccccc2)(c2ccccc2)OC31)C(=O)NC(CO)CCC(=O)OC(C)(C)C. The van der Waals surface area contributed by atoms with Gasteiger partial charge in [-0.3, -0.25) is 24.0 Å². The number of hydroxylamine groups is 2. The topological polar surface area (TPSA) is 235 Å². The van der Waals surface area contributed by atoms with Gasteiger partial charge in [-0.2, -0.15) is 5.06 Å². The van der Waals surface area contributed by atoms with Gasteiger partial charge in [0.15, 0.2) is 6.04 Å². The predicted molar refractivity (Wildman–Crippen MR) is 242 cm³/mol. The van der Waals surface area contributed by atoms with Gasteiger partial charge >= 0.3 is 23.9 Å². The summed E-state index contributed by atoms with van der Waals surface area (Å²) in [6.45, 7) is 9.38. The molecule has 18 nitrogen and oxygen atoms in total. The molecule has 2 amide bonds. The lowest BCUT2D eigenvalue weighted by Crippen LogP contribution is -2.71. The highest BCUT2D eigenvalue weighted by Gasteiger charge is 2.77. The number of ether oxygens (including phenoxy) is 6. The van der Waals surface area contributed by atoms with Crippen LogP contribution in [0.15, 0.2) is 91.0 Å². The first-order chi connectivity index (χ1) is 32.8. The second-order valence-corrected chi connectivity index (χ2v) is 19.9. The molecule has 5 aliphatic rings. The zero-order valence-electron chi connectivity index (χ0n) is 39.3. The number of hydrogen-bond donors (Lipinski definition) is 4. The zero-order chi connectivity index (χ0) is 49.5. The van der Waals surface area contributed by atoms with E-state index >= 15 is 4.79 Å². The highest BCUT2D eigenvalue weighted by molar-refractivity contribution is 5.96. The molecule has 5 fully saturated rings. The molecule has 1 aliphatic carbocycles. The molecule has 8 rings (SSSR count). The predicted octanol–water partition coefficient (Wildman–Crippen LogP) is 3.14. The van der Waals surface area contributed by atoms with Crippen molar-refractivity contribution in [1.29, 1.82) is 0 Å². The van der Waals surface area contributed by atoms with Crippen molar-refractivity contribution >= 4 is 41.8 Å². The lowest BCUT2D eigenvalue weighted by Gasteiger charge is -2.49. The molecule has 4 aliphatic heterocycles. The van der Waals surface area contributed by atoms with E-state index in [9.17, 15) is 34.2 Å². The summed E-state index contributed by atoms with van der Waals surface area (Å²) in [5.41, 5.74) is -0.982. The Bertz CT molecular complexity index is 2420. The minimum absolute atomic E-state index is 0.00179. The minimum Gasteiger partial charge on any atom is -0.462 e. The van der Waals surface area contributed by atoms with Crippen molar-refractivity contribution in [2.45, 2.75) is 133 Å². The number of amides is 2. The molecule has 10 atom stereocenters. The van der Waals surface area contributed by atoms with Crippen LogP contribution in [0.25, 0.3) is 6.08 Å². The third kappa shape index (κ3) is 9.78. The summed E-state index contributed by atoms with van der Waals surface area (Å²) >= 11 is 0. The van der Waals surface area contributed by atoms with Crippen molar-refractivity contribution in [3.05, 3.63) is 113 Å². The van der Waals surface area contributed by atoms with Crippen LogP contribution in [0.3, 0.4) is 0 Å². The number of aliphatic hydroxyl groups excluding tert-OH is 2. The summed E-state index contributed by atoms with van der Waals surface area (Å²) in [5.74, 6) is -6.00. The Morgan fingerprint density at radius 3 is 2.14 bits per heavy atom. The van der Waals surface area contributed by atoms with Crippen molar-refractivity contribution in [3.63, 3.8) is 0 Å². The van der Waals surface area contributed by atoms with Gasteiger partial charge < -0.3 is 49.3 Å². The number of carbonyl (C=O) groups is 6. The molecule has 18 heteroatoms. The van der Waals surface area contributed by atoms with Gasteiger partial charge in [0.2, 0.25) is 23.7 Å². The van der Waals surface area contributed by atoms with Crippen LogP contribution in [-0.4, -0.2) is 125 Å². The second kappa shape index (κ2) is 19.4. The molecule has 4 saturated heterocycles. The first-order valence-corrected chi connectivity index (χ1v) is 23.1. The Kier molecular flexibility index (Phi) is 13.9. The maximum Gasteiger partial charge on any atom is 0.348 e. The maximum atomic E-state index is 15.4. The molecule has 3 aromatic carbocycles. The number of benzene rings is 3. The van der Waals surface area contributed by atoms with Crippen LogP contribution in [0.5, 0.6) is 0 Å². The molecule has 0 spiro atoms. The van der Waals surface area contributed by atoms with E-state index in [1.807, 2.05) is 60.7 Å². The number of hydrogen-bond acceptors (Lipinski definition) is 16. The average molecular weight is 954 g/mol. The number of nitrogens with zero attached hydrogens (tertiary/aromatic N) is 1. The van der Waals surface area contributed by atoms with E-state index in [4.69, 9.17) is 33.3 Å². The van der Waals surface area contributed by atoms with Crippen molar-refractivity contribution in [2.75, 3.05) is 13.2 Å². The lowest BCUT2D eigenvalue weighted by atomic mass is 9.62. The van der Waals surface area contributed by atoms with Crippen LogP contribution >= 0.6 is 0 Å². The van der Waals surface area contributed by atoms with Gasteiger partial charge in [-0.1, -0.05) is 98.8 Å². The van der Waals surface area contributed by atoms with Crippen LogP contribution in [0.1, 0.15) is 83.1 Å². The molecule has 4 N–H and O–H groups in total. The number of carbonyl (C=O) groups excluding carboxylic acids is 6. The molecule has 3 aromatic rings. The normalized spacial score (nSPS) is 27.9. The van der Waals surface area contributed by atoms with E-state index in [1.54, 1.807) is 58.9 Å². The van der Waals surface area contributed by atoms with Crippen molar-refractivity contribution in [1.82, 2.24) is 15.7 Å². The zero-order valence-corrected chi connectivity index (χ0v) is 39.3. The second-order valence-electron chi connectivity index (χ2n) is 19.9. The minimum atomic E-state index is -1.83. The number of cyclic esters (lactones) is 1. The van der Waals surface area contributed by atoms with E-state index in [0.717, 1.165) is 0 Å². The highest BCUT2D eigenvalue weighted by atomic mass is 16.8. The van der Waals surface area contributed by atoms with E-state index in [0.29, 0.717) is 22.3 Å². The van der Waals surface area contributed by atoms with Gasteiger partial charge in [0.25, 0.3) is 0 Å². The first-order valence-electron chi connectivity index (χ1n) is 23.1. The summed E-state index contributed by atoms with van der Waals surface area (Å²) in [6.07, 6.45) is -4.51. The van der Waals surface area contributed by atoms with Crippen LogP contribution < -0.4 is 10.6 Å². The molecular formula is C51H59N3O15. The largest absolute Gasteiger partial charge is 0.462 e. The number of rotatable bonds is 16. The van der Waals surface area contributed by atoms with E-state index in [-0.39, 0.29) is 32.4 Å². The molecule has 69 heavy (non-hydrogen) atoms. The molecule has 1 saturated carbocycles. The molecule has 0 radical (unpaired) electrons. The van der Waals surface area contributed by atoms with Crippen LogP contribution in [0, 0.1) is 10.8 Å². The van der Waals surface area contributed by atoms with E-state index < -0.39 is 119 Å². The molecule has 2 bridgehead atoms. The lowest BCUT2D eigenvalue weighted by molar-refractivity contribution is -0.213. The number of esters is 4. The fourth-order valence-corrected chi connectivity index (χ4v) is 9.81.